The number of rotatable bonds is 10. The molecule has 0 spiro atoms. The summed E-state index contributed by atoms with van der Waals surface area (Å²) in [5.41, 5.74) is 10.5. The zero-order chi connectivity index (χ0) is 30.2. The van der Waals surface area contributed by atoms with Crippen molar-refractivity contribution in [1.82, 2.24) is 29.8 Å². The van der Waals surface area contributed by atoms with Crippen LogP contribution in [0.5, 0.6) is 0 Å². The molecule has 3 heterocycles. The number of carbonyl (C=O) groups excluding carboxylic acids is 2. The molecular weight excluding hydrogens is 544 g/mol. The van der Waals surface area contributed by atoms with E-state index in [1.807, 2.05) is 79.2 Å². The third kappa shape index (κ3) is 7.20. The molecule has 218 valence electrons. The zero-order valence-corrected chi connectivity index (χ0v) is 23.9. The molecule has 2 aromatic carbocycles. The molecule has 5 rings (SSSR count). The number of amides is 2. The molecule has 0 atom stereocenters. The number of nitrogens with zero attached hydrogens (tertiary/aromatic N) is 5. The molecule has 0 saturated carbocycles. The van der Waals surface area contributed by atoms with Crippen molar-refractivity contribution in [3.8, 4) is 16.9 Å². The lowest BCUT2D eigenvalue weighted by atomic mass is 10.1. The predicted molar refractivity (Wildman–Crippen MR) is 164 cm³/mol. The van der Waals surface area contributed by atoms with Crippen molar-refractivity contribution in [2.75, 3.05) is 17.6 Å². The number of hydrogen-bond donors (Lipinski definition) is 3. The van der Waals surface area contributed by atoms with Gasteiger partial charge in [0.15, 0.2) is 11.5 Å². The summed E-state index contributed by atoms with van der Waals surface area (Å²) in [6.07, 6.45) is 8.46. The van der Waals surface area contributed by atoms with Gasteiger partial charge in [-0.25, -0.2) is 19.7 Å². The van der Waals surface area contributed by atoms with Gasteiger partial charge in [0.25, 0.3) is 5.91 Å². The molecule has 4 N–H and O–H groups in total. The Bertz CT molecular complexity index is 1700. The van der Waals surface area contributed by atoms with Gasteiger partial charge in [0.2, 0.25) is 0 Å². The van der Waals surface area contributed by atoms with Crippen molar-refractivity contribution in [2.24, 2.45) is 0 Å². The van der Waals surface area contributed by atoms with Gasteiger partial charge in [-0.3, -0.25) is 9.78 Å². The largest absolute Gasteiger partial charge is 0.445 e. The fourth-order valence-electron chi connectivity index (χ4n) is 4.45. The minimum Gasteiger partial charge on any atom is -0.445 e. The Morgan fingerprint density at radius 2 is 1.74 bits per heavy atom. The number of aromatic nitrogens is 5. The van der Waals surface area contributed by atoms with Gasteiger partial charge in [0.05, 0.1) is 29.5 Å². The van der Waals surface area contributed by atoms with E-state index in [4.69, 9.17) is 10.5 Å². The van der Waals surface area contributed by atoms with E-state index >= 15 is 0 Å². The first kappa shape index (κ1) is 28.9. The van der Waals surface area contributed by atoms with Gasteiger partial charge in [-0.15, -0.1) is 0 Å². The number of nitrogens with one attached hydrogen (secondary N) is 2. The van der Waals surface area contributed by atoms with Crippen LogP contribution in [-0.2, 0) is 17.8 Å². The van der Waals surface area contributed by atoms with Crippen LogP contribution < -0.4 is 16.4 Å². The molecule has 2 amide bonds. The molecule has 5 aromatic rings. The minimum absolute atomic E-state index is 0.00399. The molecule has 0 radical (unpaired) electrons. The number of anilines is 2. The summed E-state index contributed by atoms with van der Waals surface area (Å²) in [5.74, 6) is 0.535. The Labute approximate surface area is 249 Å². The topological polar surface area (TPSA) is 150 Å². The van der Waals surface area contributed by atoms with Crippen LogP contribution in [0.4, 0.5) is 16.3 Å². The van der Waals surface area contributed by atoms with E-state index < -0.39 is 12.0 Å². The van der Waals surface area contributed by atoms with Crippen LogP contribution in [-0.4, -0.2) is 43.0 Å². The molecule has 0 unspecified atom stereocenters. The van der Waals surface area contributed by atoms with Gasteiger partial charge >= 0.3 is 6.09 Å². The van der Waals surface area contributed by atoms with Crippen molar-refractivity contribution >= 4 is 23.5 Å². The van der Waals surface area contributed by atoms with Crippen LogP contribution in [0.15, 0.2) is 91.6 Å². The van der Waals surface area contributed by atoms with Crippen molar-refractivity contribution in [3.63, 3.8) is 0 Å². The molecule has 11 heteroatoms. The number of hydrogen-bond acceptors (Lipinski definition) is 8. The highest BCUT2D eigenvalue weighted by molar-refractivity contribution is 6.06. The van der Waals surface area contributed by atoms with Crippen LogP contribution in [0, 0.1) is 0 Å². The number of nitrogen functional groups attached to an aromatic ring is 1. The SMILES string of the molecule is CC(C)c1nccn1-c1ccncc1NC(=O)c1nc(-c2ccc(CCNC(=O)OCc3ccccc3)cc2)cnc1N. The fourth-order valence-corrected chi connectivity index (χ4v) is 4.45. The van der Waals surface area contributed by atoms with Crippen LogP contribution in [0.3, 0.4) is 0 Å². The molecule has 11 nitrogen and oxygen atoms in total. The van der Waals surface area contributed by atoms with Crippen molar-refractivity contribution in [2.45, 2.75) is 32.8 Å². The summed E-state index contributed by atoms with van der Waals surface area (Å²) in [6, 6.07) is 19.0. The average Bonchev–Trinajstić information content (AvgIpc) is 3.52. The smallest absolute Gasteiger partial charge is 0.407 e. The van der Waals surface area contributed by atoms with E-state index in [1.54, 1.807) is 24.7 Å². The van der Waals surface area contributed by atoms with Gasteiger partial charge in [-0.05, 0) is 23.6 Å². The summed E-state index contributed by atoms with van der Waals surface area (Å²) in [7, 11) is 0. The molecular formula is C32H32N8O3. The van der Waals surface area contributed by atoms with Crippen molar-refractivity contribution < 1.29 is 14.3 Å². The van der Waals surface area contributed by atoms with Crippen LogP contribution in [0.25, 0.3) is 16.9 Å². The van der Waals surface area contributed by atoms with E-state index in [2.05, 4.69) is 30.6 Å². The quantitative estimate of drug-likeness (QED) is 0.207. The minimum atomic E-state index is -0.505. The summed E-state index contributed by atoms with van der Waals surface area (Å²) < 4.78 is 7.16. The lowest BCUT2D eigenvalue weighted by Crippen LogP contribution is -2.26. The Hall–Kier alpha value is -5.58. The van der Waals surface area contributed by atoms with E-state index in [0.717, 1.165) is 28.2 Å². The summed E-state index contributed by atoms with van der Waals surface area (Å²) in [4.78, 5) is 42.7. The number of carbonyl (C=O) groups is 2. The monoisotopic (exact) mass is 576 g/mol. The predicted octanol–water partition coefficient (Wildman–Crippen LogP) is 5.15. The Balaban J connectivity index is 1.22. The maximum Gasteiger partial charge on any atom is 0.407 e. The lowest BCUT2D eigenvalue weighted by molar-refractivity contribution is 0.102. The highest BCUT2D eigenvalue weighted by Crippen LogP contribution is 2.25. The molecule has 43 heavy (non-hydrogen) atoms. The maximum atomic E-state index is 13.3. The molecule has 0 aliphatic rings. The van der Waals surface area contributed by atoms with Crippen LogP contribution >= 0.6 is 0 Å². The van der Waals surface area contributed by atoms with E-state index in [1.165, 1.54) is 6.20 Å². The van der Waals surface area contributed by atoms with E-state index in [0.29, 0.717) is 24.3 Å². The Morgan fingerprint density at radius 1 is 0.953 bits per heavy atom. The maximum absolute atomic E-state index is 13.3. The second kappa shape index (κ2) is 13.4. The number of pyridine rings is 1. The first-order valence-corrected chi connectivity index (χ1v) is 13.8. The lowest BCUT2D eigenvalue weighted by Gasteiger charge is -2.15. The standard InChI is InChI=1S/C32H32N8O3/c1-21(2)30-35-16-17-40(30)27-13-14-34-18-26(27)39-31(41)28-29(33)37-19-25(38-28)24-10-8-22(9-11-24)12-15-36-32(42)43-20-23-6-4-3-5-7-23/h3-11,13-14,16-19,21H,12,15,20H2,1-2H3,(H2,33,37)(H,36,42)(H,39,41). The third-order valence-electron chi connectivity index (χ3n) is 6.65. The molecule has 3 aromatic heterocycles. The van der Waals surface area contributed by atoms with Crippen LogP contribution in [0.1, 0.15) is 47.2 Å². The van der Waals surface area contributed by atoms with Gasteiger partial charge in [-0.1, -0.05) is 68.4 Å². The summed E-state index contributed by atoms with van der Waals surface area (Å²) >= 11 is 0. The number of nitrogens with two attached hydrogens (primary N) is 1. The van der Waals surface area contributed by atoms with E-state index in [9.17, 15) is 9.59 Å². The molecule has 0 aliphatic carbocycles. The van der Waals surface area contributed by atoms with Crippen molar-refractivity contribution in [1.29, 1.82) is 0 Å². The summed E-state index contributed by atoms with van der Waals surface area (Å²) in [6.45, 7) is 4.74. The Kier molecular flexibility index (Phi) is 9.01. The second-order valence-corrected chi connectivity index (χ2v) is 10.1. The average molecular weight is 577 g/mol. The summed E-state index contributed by atoms with van der Waals surface area (Å²) in [5, 5.41) is 5.65. The Morgan fingerprint density at radius 3 is 2.51 bits per heavy atom. The van der Waals surface area contributed by atoms with Gasteiger partial charge in [0, 0.05) is 36.6 Å². The normalized spacial score (nSPS) is 10.9. The molecule has 0 fully saturated rings. The molecule has 0 bridgehead atoms. The number of alkyl carbamates (subject to hydrolysis) is 1. The molecule has 0 saturated heterocycles. The number of benzene rings is 2. The molecule has 0 aliphatic heterocycles. The first-order chi connectivity index (χ1) is 20.9. The van der Waals surface area contributed by atoms with E-state index in [-0.39, 0.29) is 24.0 Å². The van der Waals surface area contributed by atoms with Gasteiger partial charge < -0.3 is 25.7 Å². The highest BCUT2D eigenvalue weighted by atomic mass is 16.5. The van der Waals surface area contributed by atoms with Crippen LogP contribution in [0.2, 0.25) is 0 Å². The third-order valence-corrected chi connectivity index (χ3v) is 6.65. The van der Waals surface area contributed by atoms with Gasteiger partial charge in [-0.2, -0.15) is 0 Å². The zero-order valence-electron chi connectivity index (χ0n) is 23.9. The highest BCUT2D eigenvalue weighted by Gasteiger charge is 2.18. The number of ether oxygens (including phenoxy) is 1. The first-order valence-electron chi connectivity index (χ1n) is 13.8. The number of imidazole rings is 1. The second-order valence-electron chi connectivity index (χ2n) is 10.1. The fraction of sp³-hybridized carbons (Fsp3) is 0.188. The van der Waals surface area contributed by atoms with Crippen molar-refractivity contribution in [3.05, 3.63) is 114 Å². The van der Waals surface area contributed by atoms with Gasteiger partial charge in [0.1, 0.15) is 12.4 Å².